The summed E-state index contributed by atoms with van der Waals surface area (Å²) in [5.74, 6) is 0. The summed E-state index contributed by atoms with van der Waals surface area (Å²) >= 11 is 9.40. The minimum Gasteiger partial charge on any atom is -0.327 e. The van der Waals surface area contributed by atoms with Crippen LogP contribution < -0.4 is 5.73 Å². The Morgan fingerprint density at radius 3 is 2.33 bits per heavy atom. The molecule has 0 fully saturated rings. The maximum atomic E-state index is 6.18. The highest BCUT2D eigenvalue weighted by molar-refractivity contribution is 9.10. The van der Waals surface area contributed by atoms with Crippen molar-refractivity contribution in [2.45, 2.75) is 18.9 Å². The first-order chi connectivity index (χ1) is 8.65. The number of hydrogen-bond acceptors (Lipinski definition) is 1. The van der Waals surface area contributed by atoms with Gasteiger partial charge in [0.15, 0.2) is 0 Å². The molecule has 0 aliphatic rings. The van der Waals surface area contributed by atoms with Crippen LogP contribution in [0.4, 0.5) is 0 Å². The maximum Gasteiger partial charge on any atom is 0.0548 e. The summed E-state index contributed by atoms with van der Waals surface area (Å²) in [6.07, 6.45) is 1.74. The molecule has 0 saturated carbocycles. The highest BCUT2D eigenvalue weighted by Crippen LogP contribution is 2.23. The van der Waals surface area contributed by atoms with Gasteiger partial charge in [0.05, 0.1) is 5.02 Å². The third kappa shape index (κ3) is 3.84. The molecule has 0 radical (unpaired) electrons. The Labute approximate surface area is 121 Å². The number of benzene rings is 2. The molecule has 0 amide bonds. The molecule has 2 aromatic rings. The molecule has 2 N–H and O–H groups in total. The molecular formula is C15H15BrClN. The molecule has 18 heavy (non-hydrogen) atoms. The monoisotopic (exact) mass is 323 g/mol. The van der Waals surface area contributed by atoms with Crippen LogP contribution in [0.15, 0.2) is 53.0 Å². The van der Waals surface area contributed by atoms with Gasteiger partial charge in [0.25, 0.3) is 0 Å². The highest BCUT2D eigenvalue weighted by atomic mass is 79.9. The minimum absolute atomic E-state index is 0.125. The van der Waals surface area contributed by atoms with Crippen LogP contribution in [0.5, 0.6) is 0 Å². The lowest BCUT2D eigenvalue weighted by atomic mass is 10.00. The van der Waals surface area contributed by atoms with Crippen molar-refractivity contribution in [3.05, 3.63) is 69.2 Å². The first-order valence-electron chi connectivity index (χ1n) is 5.88. The zero-order valence-corrected chi connectivity index (χ0v) is 12.3. The standard InChI is InChI=1S/C15H15BrClN/c16-14-10-12(6-7-15(14)17)9-13(18)8-11-4-2-1-3-5-11/h1-7,10,13H,8-9,18H2. The highest BCUT2D eigenvalue weighted by Gasteiger charge is 2.06. The fourth-order valence-electron chi connectivity index (χ4n) is 1.96. The number of halogens is 2. The third-order valence-electron chi connectivity index (χ3n) is 2.82. The molecule has 1 atom stereocenters. The quantitative estimate of drug-likeness (QED) is 0.895. The second kappa shape index (κ2) is 6.37. The summed E-state index contributed by atoms with van der Waals surface area (Å²) in [5.41, 5.74) is 8.66. The van der Waals surface area contributed by atoms with Crippen molar-refractivity contribution < 1.29 is 0 Å². The smallest absolute Gasteiger partial charge is 0.0548 e. The molecule has 0 spiro atoms. The van der Waals surface area contributed by atoms with Crippen LogP contribution in [0.2, 0.25) is 5.02 Å². The van der Waals surface area contributed by atoms with E-state index in [-0.39, 0.29) is 6.04 Å². The fourth-order valence-corrected chi connectivity index (χ4v) is 2.50. The van der Waals surface area contributed by atoms with Crippen molar-refractivity contribution >= 4 is 27.5 Å². The van der Waals surface area contributed by atoms with E-state index in [9.17, 15) is 0 Å². The van der Waals surface area contributed by atoms with Crippen LogP contribution in [0.25, 0.3) is 0 Å². The SMILES string of the molecule is NC(Cc1ccccc1)Cc1ccc(Cl)c(Br)c1. The van der Waals surface area contributed by atoms with Crippen LogP contribution >= 0.6 is 27.5 Å². The zero-order chi connectivity index (χ0) is 13.0. The van der Waals surface area contributed by atoms with Crippen LogP contribution in [0.1, 0.15) is 11.1 Å². The Bertz CT molecular complexity index is 513. The van der Waals surface area contributed by atoms with Gasteiger partial charge in [-0.05, 0) is 52.0 Å². The van der Waals surface area contributed by atoms with E-state index in [0.717, 1.165) is 22.3 Å². The van der Waals surface area contributed by atoms with Gasteiger partial charge < -0.3 is 5.73 Å². The van der Waals surface area contributed by atoms with E-state index in [2.05, 4.69) is 28.1 Å². The molecule has 2 rings (SSSR count). The third-order valence-corrected chi connectivity index (χ3v) is 4.04. The Hall–Kier alpha value is -0.830. The van der Waals surface area contributed by atoms with E-state index in [1.54, 1.807) is 0 Å². The van der Waals surface area contributed by atoms with Crippen LogP contribution in [0, 0.1) is 0 Å². The van der Waals surface area contributed by atoms with Crippen molar-refractivity contribution in [1.82, 2.24) is 0 Å². The number of rotatable bonds is 4. The Balaban J connectivity index is 1.99. The minimum atomic E-state index is 0.125. The molecule has 0 saturated heterocycles. The van der Waals surface area contributed by atoms with E-state index < -0.39 is 0 Å². The average Bonchev–Trinajstić information content (AvgIpc) is 2.35. The molecular weight excluding hydrogens is 310 g/mol. The molecule has 1 nitrogen and oxygen atoms in total. The van der Waals surface area contributed by atoms with E-state index in [1.807, 2.05) is 36.4 Å². The van der Waals surface area contributed by atoms with Gasteiger partial charge in [0, 0.05) is 10.5 Å². The molecule has 2 aromatic carbocycles. The summed E-state index contributed by atoms with van der Waals surface area (Å²) in [5, 5.41) is 0.732. The molecule has 0 bridgehead atoms. The van der Waals surface area contributed by atoms with Crippen molar-refractivity contribution in [1.29, 1.82) is 0 Å². The molecule has 1 unspecified atom stereocenters. The lowest BCUT2D eigenvalue weighted by molar-refractivity contribution is 0.664. The molecule has 0 aliphatic heterocycles. The van der Waals surface area contributed by atoms with Crippen molar-refractivity contribution in [3.8, 4) is 0 Å². The molecule has 0 aromatic heterocycles. The molecule has 0 aliphatic carbocycles. The topological polar surface area (TPSA) is 26.0 Å². The molecule has 0 heterocycles. The van der Waals surface area contributed by atoms with E-state index >= 15 is 0 Å². The Morgan fingerprint density at radius 1 is 1.00 bits per heavy atom. The van der Waals surface area contributed by atoms with Crippen molar-refractivity contribution in [2.75, 3.05) is 0 Å². The first-order valence-corrected chi connectivity index (χ1v) is 7.05. The number of nitrogens with two attached hydrogens (primary N) is 1. The van der Waals surface area contributed by atoms with Crippen LogP contribution in [0.3, 0.4) is 0 Å². The average molecular weight is 325 g/mol. The second-order valence-electron chi connectivity index (χ2n) is 4.40. The van der Waals surface area contributed by atoms with Gasteiger partial charge in [-0.3, -0.25) is 0 Å². The first kappa shape index (κ1) is 13.6. The lowest BCUT2D eigenvalue weighted by Crippen LogP contribution is -2.25. The van der Waals surface area contributed by atoms with E-state index in [0.29, 0.717) is 0 Å². The lowest BCUT2D eigenvalue weighted by Gasteiger charge is -2.12. The van der Waals surface area contributed by atoms with Crippen LogP contribution in [-0.4, -0.2) is 6.04 Å². The summed E-state index contributed by atoms with van der Waals surface area (Å²) in [6.45, 7) is 0. The normalized spacial score (nSPS) is 12.4. The van der Waals surface area contributed by atoms with E-state index in [1.165, 1.54) is 11.1 Å². The zero-order valence-electron chi connectivity index (χ0n) is 9.94. The summed E-state index contributed by atoms with van der Waals surface area (Å²) in [7, 11) is 0. The van der Waals surface area contributed by atoms with Gasteiger partial charge in [-0.1, -0.05) is 48.0 Å². The summed E-state index contributed by atoms with van der Waals surface area (Å²) < 4.78 is 0.925. The second-order valence-corrected chi connectivity index (χ2v) is 5.66. The molecule has 3 heteroatoms. The maximum absolute atomic E-state index is 6.18. The van der Waals surface area contributed by atoms with Crippen LogP contribution in [-0.2, 0) is 12.8 Å². The van der Waals surface area contributed by atoms with Gasteiger partial charge in [0.2, 0.25) is 0 Å². The predicted octanol–water partition coefficient (Wildman–Crippen LogP) is 4.22. The Morgan fingerprint density at radius 2 is 1.67 bits per heavy atom. The van der Waals surface area contributed by atoms with Crippen molar-refractivity contribution in [3.63, 3.8) is 0 Å². The van der Waals surface area contributed by atoms with Gasteiger partial charge in [-0.15, -0.1) is 0 Å². The summed E-state index contributed by atoms with van der Waals surface area (Å²) in [4.78, 5) is 0. The predicted molar refractivity (Wildman–Crippen MR) is 81.0 cm³/mol. The van der Waals surface area contributed by atoms with Gasteiger partial charge in [0.1, 0.15) is 0 Å². The van der Waals surface area contributed by atoms with Crippen molar-refractivity contribution in [2.24, 2.45) is 5.73 Å². The van der Waals surface area contributed by atoms with Gasteiger partial charge >= 0.3 is 0 Å². The largest absolute Gasteiger partial charge is 0.327 e. The van der Waals surface area contributed by atoms with Gasteiger partial charge in [-0.25, -0.2) is 0 Å². The van der Waals surface area contributed by atoms with E-state index in [4.69, 9.17) is 17.3 Å². The Kier molecular flexibility index (Phi) is 4.81. The van der Waals surface area contributed by atoms with Gasteiger partial charge in [-0.2, -0.15) is 0 Å². The summed E-state index contributed by atoms with van der Waals surface area (Å²) in [6, 6.07) is 16.4. The fraction of sp³-hybridized carbons (Fsp3) is 0.200. The number of hydrogen-bond donors (Lipinski definition) is 1. The molecule has 94 valence electrons.